The van der Waals surface area contributed by atoms with Gasteiger partial charge < -0.3 is 0 Å². The van der Waals surface area contributed by atoms with Gasteiger partial charge in [-0.1, -0.05) is 38.9 Å². The summed E-state index contributed by atoms with van der Waals surface area (Å²) in [5.41, 5.74) is -24.4. The molecular formula is C15H23ClF12O8S4Si. The zero-order valence-electron chi connectivity index (χ0n) is 20.7. The van der Waals surface area contributed by atoms with Crippen molar-refractivity contribution in [2.75, 3.05) is 0 Å². The van der Waals surface area contributed by atoms with Crippen LogP contribution in [0.4, 0.5) is 52.7 Å². The van der Waals surface area contributed by atoms with E-state index in [9.17, 15) is 86.4 Å². The first-order chi connectivity index (χ1) is 17.6. The predicted molar refractivity (Wildman–Crippen MR) is 127 cm³/mol. The van der Waals surface area contributed by atoms with E-state index in [1.54, 1.807) is 0 Å². The normalized spacial score (nSPS) is 14.3. The molecule has 0 aliphatic heterocycles. The van der Waals surface area contributed by atoms with Crippen LogP contribution >= 0.6 is 11.1 Å². The lowest BCUT2D eigenvalue weighted by Crippen LogP contribution is -2.44. The van der Waals surface area contributed by atoms with Crippen LogP contribution in [0.5, 0.6) is 0 Å². The molecule has 0 aliphatic carbocycles. The number of hydrogen-bond donors (Lipinski definition) is 0. The molecule has 0 aromatic carbocycles. The maximum atomic E-state index is 12.2. The Morgan fingerprint density at radius 3 is 1.02 bits per heavy atom. The van der Waals surface area contributed by atoms with Gasteiger partial charge >= 0.3 is 22.0 Å². The molecule has 0 saturated heterocycles. The lowest BCUT2D eigenvalue weighted by molar-refractivity contribution is -0.0483. The summed E-state index contributed by atoms with van der Waals surface area (Å²) in [5.74, 6) is 0. The van der Waals surface area contributed by atoms with Crippen LogP contribution in [0, 0.1) is 0 Å². The van der Waals surface area contributed by atoms with Crippen molar-refractivity contribution in [3.63, 3.8) is 0 Å². The SMILES string of the molecule is C=CCC(S(=O)(=O)C(F)(F)F)S(=O)(=O)C(F)(F)F.CCCCC(S(=O)(=O)C(F)(F)F)S(=O)(=O)C(F)(F)F.C[SiH](C)Cl. The van der Waals surface area contributed by atoms with E-state index >= 15 is 0 Å². The molecule has 250 valence electrons. The molecule has 0 fully saturated rings. The number of alkyl halides is 12. The molecule has 0 bridgehead atoms. The fraction of sp³-hybridized carbons (Fsp3) is 0.867. The van der Waals surface area contributed by atoms with E-state index in [0.29, 0.717) is 6.08 Å². The average Bonchev–Trinajstić information content (AvgIpc) is 2.68. The van der Waals surface area contributed by atoms with Crippen molar-refractivity contribution in [1.29, 1.82) is 0 Å². The van der Waals surface area contributed by atoms with Crippen molar-refractivity contribution in [3.8, 4) is 0 Å². The third kappa shape index (κ3) is 12.4. The molecule has 0 atom stereocenters. The van der Waals surface area contributed by atoms with Gasteiger partial charge in [0, 0.05) is 0 Å². The topological polar surface area (TPSA) is 137 Å². The maximum absolute atomic E-state index is 12.2. The molecule has 0 heterocycles. The van der Waals surface area contributed by atoms with Crippen molar-refractivity contribution in [3.05, 3.63) is 12.7 Å². The molecule has 0 aromatic heterocycles. The summed E-state index contributed by atoms with van der Waals surface area (Å²) in [5, 5.41) is 0. The van der Waals surface area contributed by atoms with Crippen molar-refractivity contribution in [2.24, 2.45) is 0 Å². The van der Waals surface area contributed by atoms with Crippen molar-refractivity contribution in [2.45, 2.75) is 76.9 Å². The minimum Gasteiger partial charge on any atom is -0.218 e. The van der Waals surface area contributed by atoms with E-state index in [4.69, 9.17) is 11.1 Å². The van der Waals surface area contributed by atoms with Gasteiger partial charge in [-0.2, -0.15) is 63.8 Å². The van der Waals surface area contributed by atoms with Gasteiger partial charge in [0.05, 0.1) is 0 Å². The number of allylic oxidation sites excluding steroid dienone is 1. The second-order valence-electron chi connectivity index (χ2n) is 7.50. The molecule has 0 unspecified atom stereocenters. The molecule has 41 heavy (non-hydrogen) atoms. The van der Waals surface area contributed by atoms with Gasteiger partial charge in [-0.05, 0) is 12.8 Å². The zero-order valence-corrected chi connectivity index (χ0v) is 25.8. The van der Waals surface area contributed by atoms with Crippen molar-refractivity contribution >= 4 is 58.5 Å². The Balaban J connectivity index is -0.000000623. The third-order valence-corrected chi connectivity index (χ3v) is 13.1. The Kier molecular flexibility index (Phi) is 16.6. The van der Waals surface area contributed by atoms with Crippen molar-refractivity contribution < 1.29 is 86.4 Å². The largest absolute Gasteiger partial charge is 0.498 e. The molecule has 0 aromatic rings. The molecule has 0 amide bonds. The van der Waals surface area contributed by atoms with Gasteiger partial charge in [-0.3, -0.25) is 0 Å². The summed E-state index contributed by atoms with van der Waals surface area (Å²) in [4.78, 5) is 0. The highest BCUT2D eigenvalue weighted by atomic mass is 35.6. The van der Waals surface area contributed by atoms with Crippen LogP contribution in [0.2, 0.25) is 13.1 Å². The molecule has 0 saturated carbocycles. The van der Waals surface area contributed by atoms with Gasteiger partial charge in [0.15, 0.2) is 9.16 Å². The fourth-order valence-electron chi connectivity index (χ4n) is 2.00. The van der Waals surface area contributed by atoms with E-state index in [1.165, 1.54) is 6.92 Å². The van der Waals surface area contributed by atoms with Gasteiger partial charge in [0.25, 0.3) is 39.3 Å². The number of halogens is 13. The lowest BCUT2D eigenvalue weighted by atomic mass is 10.3. The summed E-state index contributed by atoms with van der Waals surface area (Å²) in [6.07, 6.45) is -2.81. The number of unbranched alkanes of at least 4 members (excludes halogenated alkanes) is 1. The van der Waals surface area contributed by atoms with Crippen LogP contribution in [0.25, 0.3) is 0 Å². The van der Waals surface area contributed by atoms with Gasteiger partial charge in [0.2, 0.25) is 0 Å². The second kappa shape index (κ2) is 15.3. The maximum Gasteiger partial charge on any atom is 0.498 e. The van der Waals surface area contributed by atoms with E-state index in [2.05, 4.69) is 19.7 Å². The highest BCUT2D eigenvalue weighted by Gasteiger charge is 2.63. The highest BCUT2D eigenvalue weighted by Crippen LogP contribution is 2.39. The van der Waals surface area contributed by atoms with Gasteiger partial charge in [0.1, 0.15) is 8.11 Å². The molecular weight excluding hydrogens is 728 g/mol. The van der Waals surface area contributed by atoms with Crippen LogP contribution in [0.15, 0.2) is 12.7 Å². The summed E-state index contributed by atoms with van der Waals surface area (Å²) >= 11 is 5.41. The first-order valence-corrected chi connectivity index (χ1v) is 20.3. The quantitative estimate of drug-likeness (QED) is 0.133. The first-order valence-electron chi connectivity index (χ1n) is 10.1. The molecule has 0 N–H and O–H groups in total. The Bertz CT molecular complexity index is 1180. The van der Waals surface area contributed by atoms with Crippen molar-refractivity contribution in [1.82, 2.24) is 0 Å². The number of sulfone groups is 4. The molecule has 0 aliphatic rings. The Morgan fingerprint density at radius 1 is 0.634 bits per heavy atom. The van der Waals surface area contributed by atoms with Crippen LogP contribution in [-0.4, -0.2) is 73.0 Å². The van der Waals surface area contributed by atoms with Gasteiger partial charge in [-0.15, -0.1) is 6.58 Å². The van der Waals surface area contributed by atoms with Gasteiger partial charge in [-0.25, -0.2) is 33.7 Å². The Hall–Kier alpha value is -0.793. The monoisotopic (exact) mass is 750 g/mol. The fourth-order valence-corrected chi connectivity index (χ4v) is 8.90. The first kappa shape index (κ1) is 44.6. The molecule has 8 nitrogen and oxygen atoms in total. The average molecular weight is 751 g/mol. The van der Waals surface area contributed by atoms with Crippen LogP contribution in [0.1, 0.15) is 32.6 Å². The summed E-state index contributed by atoms with van der Waals surface area (Å²) in [6, 6.07) is 0. The van der Waals surface area contributed by atoms with E-state index in [1.807, 2.05) is 0 Å². The standard InChI is InChI=1S/C7H10F6O4S2.C6H6F6O4S2.C2H7ClSi/c1-2-3-4-5(18(14,15)6(8,9)10)19(16,17)7(11,12)13;1-2-3-4(17(13,14)5(7,8)9)18(15,16)6(10,11)12;1-4(2)3/h5H,2-4H2,1H3;2,4H,1,3H2;4H,1-2H3. The smallest absolute Gasteiger partial charge is 0.218 e. The summed E-state index contributed by atoms with van der Waals surface area (Å²) in [6.45, 7) is 8.23. The Morgan fingerprint density at radius 2 is 0.854 bits per heavy atom. The molecule has 26 heteroatoms. The predicted octanol–water partition coefficient (Wildman–Crippen LogP) is 5.34. The zero-order chi connectivity index (χ0) is 34.3. The second-order valence-corrected chi connectivity index (χ2v) is 21.2. The molecule has 0 rings (SSSR count). The van der Waals surface area contributed by atoms with Crippen LogP contribution < -0.4 is 0 Å². The van der Waals surface area contributed by atoms with E-state index in [-0.39, 0.29) is 6.42 Å². The number of rotatable bonds is 9. The van der Waals surface area contributed by atoms with E-state index in [0.717, 1.165) is 0 Å². The highest BCUT2D eigenvalue weighted by molar-refractivity contribution is 8.10. The third-order valence-electron chi connectivity index (χ3n) is 3.83. The Labute approximate surface area is 234 Å². The minimum absolute atomic E-state index is 0.0389. The minimum atomic E-state index is -6.52. The summed E-state index contributed by atoms with van der Waals surface area (Å²) in [7, 11) is -26.6. The number of hydrogen-bond acceptors (Lipinski definition) is 8. The molecule has 0 radical (unpaired) electrons. The molecule has 0 spiro atoms. The summed E-state index contributed by atoms with van der Waals surface area (Å²) < 4.78 is 225. The van der Waals surface area contributed by atoms with Crippen LogP contribution in [0.3, 0.4) is 0 Å². The lowest BCUT2D eigenvalue weighted by Gasteiger charge is -2.20. The van der Waals surface area contributed by atoms with E-state index < -0.39 is 97.9 Å². The van der Waals surface area contributed by atoms with Crippen LogP contribution in [-0.2, 0) is 39.3 Å².